The number of carbonyl (C=O) groups is 1. The Morgan fingerprint density at radius 1 is 1.03 bits per heavy atom. The molecule has 0 rings (SSSR count). The van der Waals surface area contributed by atoms with Crippen LogP contribution in [0.1, 0.15) is 93.9 Å². The summed E-state index contributed by atoms with van der Waals surface area (Å²) in [5.74, 6) is 0.590. The minimum absolute atomic E-state index is 0.0524. The average Bonchev–Trinajstić information content (AvgIpc) is 2.57. The molecule has 0 aliphatic carbocycles. The second-order valence-electron chi connectivity index (χ2n) is 10.2. The second kappa shape index (κ2) is 14.4. The Balaban J connectivity index is 4.26. The van der Waals surface area contributed by atoms with E-state index in [1.54, 1.807) is 0 Å². The molecule has 0 bridgehead atoms. The van der Waals surface area contributed by atoms with Gasteiger partial charge in [-0.05, 0) is 65.8 Å². The molecule has 1 atom stereocenters. The van der Waals surface area contributed by atoms with Crippen molar-refractivity contribution in [2.45, 2.75) is 124 Å². The quantitative estimate of drug-likeness (QED) is 0.247. The SMILES string of the molecule is C[B]NCCCCC(NC(=O)CCC(C)(C)OCCC(C)(C)NC(C)C)C(C)C. The van der Waals surface area contributed by atoms with Crippen molar-refractivity contribution in [3.05, 3.63) is 0 Å². The normalized spacial score (nSPS) is 13.8. The molecule has 0 heterocycles. The van der Waals surface area contributed by atoms with Gasteiger partial charge in [-0.2, -0.15) is 0 Å². The molecule has 1 amide bonds. The first kappa shape index (κ1) is 28.4. The van der Waals surface area contributed by atoms with Gasteiger partial charge in [0.1, 0.15) is 0 Å². The molecule has 0 aliphatic rings. The van der Waals surface area contributed by atoms with Crippen LogP contribution in [-0.2, 0) is 9.53 Å². The molecule has 0 saturated carbocycles. The van der Waals surface area contributed by atoms with E-state index in [1.165, 1.54) is 0 Å². The Hall–Kier alpha value is -0.585. The molecular formula is C23H49BN3O2. The van der Waals surface area contributed by atoms with Crippen LogP contribution in [0.3, 0.4) is 0 Å². The van der Waals surface area contributed by atoms with Gasteiger partial charge in [-0.3, -0.25) is 4.79 Å². The van der Waals surface area contributed by atoms with Crippen molar-refractivity contribution in [2.24, 2.45) is 5.92 Å². The van der Waals surface area contributed by atoms with Crippen LogP contribution in [0.2, 0.25) is 6.82 Å². The molecule has 1 unspecified atom stereocenters. The number of rotatable bonds is 17. The Morgan fingerprint density at radius 3 is 2.24 bits per heavy atom. The minimum atomic E-state index is -0.291. The van der Waals surface area contributed by atoms with Crippen LogP contribution in [0.15, 0.2) is 0 Å². The van der Waals surface area contributed by atoms with E-state index in [0.29, 0.717) is 25.0 Å². The van der Waals surface area contributed by atoms with Gasteiger partial charge in [0.25, 0.3) is 0 Å². The standard InChI is InChI=1S/C23H49BN3O2/c1-18(2)20(12-10-11-16-25-24-9)26-21(28)13-14-23(7,8)29-17-15-22(5,6)27-19(3)4/h18-20,25,27H,10-17H2,1-9H3,(H,26,28). The molecule has 6 heteroatoms. The monoisotopic (exact) mass is 410 g/mol. The first-order valence-corrected chi connectivity index (χ1v) is 11.6. The van der Waals surface area contributed by atoms with Crippen LogP contribution in [0.4, 0.5) is 0 Å². The van der Waals surface area contributed by atoms with Crippen molar-refractivity contribution in [2.75, 3.05) is 13.2 Å². The van der Waals surface area contributed by atoms with E-state index in [4.69, 9.17) is 4.74 Å². The maximum atomic E-state index is 12.5. The van der Waals surface area contributed by atoms with E-state index in [2.05, 4.69) is 71.3 Å². The van der Waals surface area contributed by atoms with Gasteiger partial charge in [-0.1, -0.05) is 40.9 Å². The Kier molecular flexibility index (Phi) is 14.1. The highest BCUT2D eigenvalue weighted by Gasteiger charge is 2.24. The van der Waals surface area contributed by atoms with E-state index in [9.17, 15) is 4.79 Å². The number of hydrogen-bond acceptors (Lipinski definition) is 4. The summed E-state index contributed by atoms with van der Waals surface area (Å²) in [5, 5.41) is 10.0. The van der Waals surface area contributed by atoms with E-state index in [-0.39, 0.29) is 23.1 Å². The Labute approximate surface area is 182 Å². The molecule has 0 saturated heterocycles. The minimum Gasteiger partial charge on any atom is -0.375 e. The summed E-state index contributed by atoms with van der Waals surface area (Å²) in [5.41, 5.74) is -0.238. The van der Waals surface area contributed by atoms with Crippen molar-refractivity contribution in [1.82, 2.24) is 15.9 Å². The zero-order chi connectivity index (χ0) is 22.5. The molecule has 0 aromatic heterocycles. The molecule has 0 spiro atoms. The summed E-state index contributed by atoms with van der Waals surface area (Å²) in [6.45, 7) is 21.0. The maximum absolute atomic E-state index is 12.5. The maximum Gasteiger partial charge on any atom is 0.220 e. The summed E-state index contributed by atoms with van der Waals surface area (Å²) in [7, 11) is 1.98. The Morgan fingerprint density at radius 2 is 1.69 bits per heavy atom. The zero-order valence-electron chi connectivity index (χ0n) is 20.8. The van der Waals surface area contributed by atoms with Crippen LogP contribution in [-0.4, -0.2) is 49.7 Å². The van der Waals surface area contributed by atoms with Gasteiger partial charge in [0.15, 0.2) is 0 Å². The number of nitrogens with one attached hydrogen (secondary N) is 3. The summed E-state index contributed by atoms with van der Waals surface area (Å²) >= 11 is 0. The molecule has 171 valence electrons. The van der Waals surface area contributed by atoms with Crippen molar-refractivity contribution in [1.29, 1.82) is 0 Å². The summed E-state index contributed by atoms with van der Waals surface area (Å²) in [6.07, 6.45) is 5.48. The van der Waals surface area contributed by atoms with Crippen molar-refractivity contribution in [3.63, 3.8) is 0 Å². The molecule has 0 fully saturated rings. The summed E-state index contributed by atoms with van der Waals surface area (Å²) in [4.78, 5) is 12.5. The fourth-order valence-electron chi connectivity index (χ4n) is 3.51. The molecule has 1 radical (unpaired) electrons. The van der Waals surface area contributed by atoms with Gasteiger partial charge in [-0.15, -0.1) is 0 Å². The highest BCUT2D eigenvalue weighted by molar-refractivity contribution is 6.29. The van der Waals surface area contributed by atoms with Gasteiger partial charge < -0.3 is 20.6 Å². The largest absolute Gasteiger partial charge is 0.375 e. The molecule has 3 N–H and O–H groups in total. The van der Waals surface area contributed by atoms with Gasteiger partial charge in [0, 0.05) is 30.7 Å². The third-order valence-electron chi connectivity index (χ3n) is 5.29. The summed E-state index contributed by atoms with van der Waals surface area (Å²) < 4.78 is 6.12. The predicted molar refractivity (Wildman–Crippen MR) is 126 cm³/mol. The zero-order valence-corrected chi connectivity index (χ0v) is 20.8. The van der Waals surface area contributed by atoms with Crippen molar-refractivity contribution in [3.8, 4) is 0 Å². The third-order valence-corrected chi connectivity index (χ3v) is 5.29. The van der Waals surface area contributed by atoms with Crippen LogP contribution in [0, 0.1) is 5.92 Å². The molecule has 0 aliphatic heterocycles. The average molecular weight is 410 g/mol. The predicted octanol–water partition coefficient (Wildman–Crippen LogP) is 4.30. The fraction of sp³-hybridized carbons (Fsp3) is 0.957. The molecule has 29 heavy (non-hydrogen) atoms. The lowest BCUT2D eigenvalue weighted by atomic mass is 9.96. The smallest absolute Gasteiger partial charge is 0.220 e. The fourth-order valence-corrected chi connectivity index (χ4v) is 3.51. The third kappa shape index (κ3) is 15.9. The first-order valence-electron chi connectivity index (χ1n) is 11.6. The highest BCUT2D eigenvalue weighted by Crippen LogP contribution is 2.20. The lowest BCUT2D eigenvalue weighted by Crippen LogP contribution is -2.45. The van der Waals surface area contributed by atoms with E-state index in [1.807, 2.05) is 14.2 Å². The topological polar surface area (TPSA) is 62.4 Å². The number of ether oxygens (including phenoxy) is 1. The highest BCUT2D eigenvalue weighted by atomic mass is 16.5. The van der Waals surface area contributed by atoms with E-state index in [0.717, 1.165) is 38.6 Å². The second-order valence-corrected chi connectivity index (χ2v) is 10.2. The van der Waals surface area contributed by atoms with E-state index >= 15 is 0 Å². The first-order chi connectivity index (χ1) is 13.4. The van der Waals surface area contributed by atoms with Gasteiger partial charge >= 0.3 is 0 Å². The Bertz CT molecular complexity index is 440. The lowest BCUT2D eigenvalue weighted by molar-refractivity contribution is -0.124. The number of hydrogen-bond donors (Lipinski definition) is 3. The molecule has 0 aromatic rings. The number of amides is 1. The van der Waals surface area contributed by atoms with Gasteiger partial charge in [-0.25, -0.2) is 0 Å². The van der Waals surface area contributed by atoms with Crippen LogP contribution in [0.5, 0.6) is 0 Å². The van der Waals surface area contributed by atoms with Crippen LogP contribution < -0.4 is 15.9 Å². The summed E-state index contributed by atoms with van der Waals surface area (Å²) in [6, 6.07) is 0.705. The van der Waals surface area contributed by atoms with E-state index < -0.39 is 0 Å². The molecule has 0 aromatic carbocycles. The van der Waals surface area contributed by atoms with Gasteiger partial charge in [0.05, 0.1) is 5.60 Å². The molecule has 5 nitrogen and oxygen atoms in total. The van der Waals surface area contributed by atoms with Crippen LogP contribution >= 0.6 is 0 Å². The van der Waals surface area contributed by atoms with Gasteiger partial charge in [0.2, 0.25) is 13.3 Å². The number of unbranched alkanes of at least 4 members (excludes halogenated alkanes) is 1. The van der Waals surface area contributed by atoms with Crippen LogP contribution in [0.25, 0.3) is 0 Å². The number of carbonyl (C=O) groups excluding carboxylic acids is 1. The lowest BCUT2D eigenvalue weighted by Gasteiger charge is -2.32. The van der Waals surface area contributed by atoms with Crippen molar-refractivity contribution >= 4 is 13.3 Å². The van der Waals surface area contributed by atoms with Crippen molar-refractivity contribution < 1.29 is 9.53 Å². The molecular weight excluding hydrogens is 361 g/mol.